The van der Waals surface area contributed by atoms with E-state index in [2.05, 4.69) is 10.6 Å². The number of sulfonamides is 1. The molecule has 0 radical (unpaired) electrons. The molecule has 2 aliphatic heterocycles. The first-order chi connectivity index (χ1) is 10.5. The van der Waals surface area contributed by atoms with Crippen LogP contribution in [0.4, 0.5) is 0 Å². The fourth-order valence-electron chi connectivity index (χ4n) is 2.94. The van der Waals surface area contributed by atoms with E-state index in [1.165, 1.54) is 10.4 Å². The van der Waals surface area contributed by atoms with E-state index in [0.29, 0.717) is 13.1 Å². The second-order valence-corrected chi connectivity index (χ2v) is 7.71. The van der Waals surface area contributed by atoms with Crippen molar-refractivity contribution in [3.05, 3.63) is 17.6 Å². The first kappa shape index (κ1) is 15.5. The molecule has 22 heavy (non-hydrogen) atoms. The van der Waals surface area contributed by atoms with Gasteiger partial charge in [-0.2, -0.15) is 4.31 Å². The van der Waals surface area contributed by atoms with Gasteiger partial charge in [-0.05, 0) is 32.7 Å². The minimum Gasteiger partial charge on any atom is -0.455 e. The minimum atomic E-state index is -3.56. The Morgan fingerprint density at radius 2 is 2.14 bits per heavy atom. The van der Waals surface area contributed by atoms with Crippen LogP contribution in [0.25, 0.3) is 0 Å². The number of carbonyl (C=O) groups excluding carboxylic acids is 1. The molecule has 2 saturated heterocycles. The zero-order valence-electron chi connectivity index (χ0n) is 12.6. The Balaban J connectivity index is 1.79. The number of amides is 1. The van der Waals surface area contributed by atoms with Crippen LogP contribution in [0.15, 0.2) is 15.4 Å². The van der Waals surface area contributed by atoms with E-state index >= 15 is 0 Å². The molecular weight excluding hydrogens is 306 g/mol. The van der Waals surface area contributed by atoms with Crippen molar-refractivity contribution in [1.82, 2.24) is 14.9 Å². The predicted molar refractivity (Wildman–Crippen MR) is 80.2 cm³/mol. The Kier molecular flexibility index (Phi) is 4.24. The molecule has 7 nitrogen and oxygen atoms in total. The Hall–Kier alpha value is -1.38. The Bertz CT molecular complexity index is 656. The maximum atomic E-state index is 12.6. The molecule has 2 N–H and O–H groups in total. The van der Waals surface area contributed by atoms with Crippen LogP contribution in [0.2, 0.25) is 0 Å². The summed E-state index contributed by atoms with van der Waals surface area (Å²) in [5.74, 6) is -0.0385. The second-order valence-electron chi connectivity index (χ2n) is 5.81. The van der Waals surface area contributed by atoms with Crippen LogP contribution in [0, 0.1) is 6.92 Å². The smallest absolute Gasteiger partial charge is 0.287 e. The number of hydrogen-bond acceptors (Lipinski definition) is 5. The van der Waals surface area contributed by atoms with Gasteiger partial charge in [0, 0.05) is 31.7 Å². The van der Waals surface area contributed by atoms with E-state index in [1.54, 1.807) is 6.92 Å². The van der Waals surface area contributed by atoms with Gasteiger partial charge in [0.2, 0.25) is 10.0 Å². The summed E-state index contributed by atoms with van der Waals surface area (Å²) in [6.07, 6.45) is 2.61. The van der Waals surface area contributed by atoms with E-state index in [-0.39, 0.29) is 28.4 Å². The van der Waals surface area contributed by atoms with Gasteiger partial charge in [0.15, 0.2) is 5.76 Å². The van der Waals surface area contributed by atoms with Crippen molar-refractivity contribution in [2.75, 3.05) is 26.2 Å². The SMILES string of the molecule is Cc1oc(C(=O)NC2CCNC2)cc1S(=O)(=O)N1CCCC1. The van der Waals surface area contributed by atoms with Gasteiger partial charge in [0.05, 0.1) is 0 Å². The molecule has 1 aromatic rings. The third kappa shape index (κ3) is 2.90. The van der Waals surface area contributed by atoms with Crippen LogP contribution in [0.5, 0.6) is 0 Å². The monoisotopic (exact) mass is 327 g/mol. The number of furan rings is 1. The lowest BCUT2D eigenvalue weighted by Gasteiger charge is -2.14. The predicted octanol–water partition coefficient (Wildman–Crippen LogP) is 0.464. The van der Waals surface area contributed by atoms with Crippen LogP contribution in [-0.4, -0.2) is 50.9 Å². The van der Waals surface area contributed by atoms with Gasteiger partial charge in [0.1, 0.15) is 10.7 Å². The molecule has 1 unspecified atom stereocenters. The third-order valence-electron chi connectivity index (χ3n) is 4.17. The number of hydrogen-bond donors (Lipinski definition) is 2. The summed E-state index contributed by atoms with van der Waals surface area (Å²) in [4.78, 5) is 12.3. The Morgan fingerprint density at radius 1 is 1.41 bits per heavy atom. The molecular formula is C14H21N3O4S. The molecule has 2 aliphatic rings. The van der Waals surface area contributed by atoms with Gasteiger partial charge >= 0.3 is 0 Å². The molecule has 0 spiro atoms. The fourth-order valence-corrected chi connectivity index (χ4v) is 4.61. The lowest BCUT2D eigenvalue weighted by molar-refractivity contribution is 0.0910. The summed E-state index contributed by atoms with van der Waals surface area (Å²) in [7, 11) is -3.56. The normalized spacial score (nSPS) is 23.0. The Morgan fingerprint density at radius 3 is 2.77 bits per heavy atom. The maximum absolute atomic E-state index is 12.6. The number of carbonyl (C=O) groups is 1. The molecule has 8 heteroatoms. The van der Waals surface area contributed by atoms with Gasteiger partial charge in [-0.15, -0.1) is 0 Å². The molecule has 3 heterocycles. The lowest BCUT2D eigenvalue weighted by atomic mass is 10.2. The van der Waals surface area contributed by atoms with E-state index in [1.807, 2.05) is 0 Å². The first-order valence-electron chi connectivity index (χ1n) is 7.60. The molecule has 122 valence electrons. The summed E-state index contributed by atoms with van der Waals surface area (Å²) in [6.45, 7) is 4.24. The van der Waals surface area contributed by atoms with E-state index in [4.69, 9.17) is 4.42 Å². The molecule has 1 amide bonds. The van der Waals surface area contributed by atoms with Crippen LogP contribution < -0.4 is 10.6 Å². The summed E-state index contributed by atoms with van der Waals surface area (Å²) < 4.78 is 32.0. The van der Waals surface area contributed by atoms with Gasteiger partial charge in [-0.1, -0.05) is 0 Å². The van der Waals surface area contributed by atoms with E-state index in [9.17, 15) is 13.2 Å². The summed E-state index contributed by atoms with van der Waals surface area (Å²) in [6, 6.07) is 1.41. The van der Waals surface area contributed by atoms with Crippen molar-refractivity contribution in [2.45, 2.75) is 37.1 Å². The van der Waals surface area contributed by atoms with Crippen LogP contribution >= 0.6 is 0 Å². The van der Waals surface area contributed by atoms with E-state index in [0.717, 1.165) is 32.4 Å². The maximum Gasteiger partial charge on any atom is 0.287 e. The molecule has 0 aromatic carbocycles. The average molecular weight is 327 g/mol. The molecule has 1 atom stereocenters. The summed E-state index contributed by atoms with van der Waals surface area (Å²) in [5.41, 5.74) is 0. The Labute approximate surface area is 130 Å². The topological polar surface area (TPSA) is 91.6 Å². The molecule has 1 aromatic heterocycles. The zero-order valence-corrected chi connectivity index (χ0v) is 13.4. The van der Waals surface area contributed by atoms with Crippen molar-refractivity contribution in [3.63, 3.8) is 0 Å². The zero-order chi connectivity index (χ0) is 15.7. The highest BCUT2D eigenvalue weighted by molar-refractivity contribution is 7.89. The molecule has 3 rings (SSSR count). The second kappa shape index (κ2) is 6.02. The van der Waals surface area contributed by atoms with Crippen LogP contribution in [0.1, 0.15) is 35.6 Å². The largest absolute Gasteiger partial charge is 0.455 e. The first-order valence-corrected chi connectivity index (χ1v) is 9.04. The van der Waals surface area contributed by atoms with Gasteiger partial charge in [0.25, 0.3) is 5.91 Å². The van der Waals surface area contributed by atoms with Crippen molar-refractivity contribution in [1.29, 1.82) is 0 Å². The molecule has 0 saturated carbocycles. The molecule has 0 bridgehead atoms. The van der Waals surface area contributed by atoms with Crippen molar-refractivity contribution >= 4 is 15.9 Å². The van der Waals surface area contributed by atoms with Crippen molar-refractivity contribution in [2.24, 2.45) is 0 Å². The molecule has 0 aliphatic carbocycles. The lowest BCUT2D eigenvalue weighted by Crippen LogP contribution is -2.36. The highest BCUT2D eigenvalue weighted by Crippen LogP contribution is 2.26. The van der Waals surface area contributed by atoms with Crippen LogP contribution in [-0.2, 0) is 10.0 Å². The number of rotatable bonds is 4. The summed E-state index contributed by atoms with van der Waals surface area (Å²) in [5, 5.41) is 6.01. The fraction of sp³-hybridized carbons (Fsp3) is 0.643. The van der Waals surface area contributed by atoms with Crippen molar-refractivity contribution in [3.8, 4) is 0 Å². The number of nitrogens with zero attached hydrogens (tertiary/aromatic N) is 1. The highest BCUT2D eigenvalue weighted by atomic mass is 32.2. The number of aryl methyl sites for hydroxylation is 1. The summed E-state index contributed by atoms with van der Waals surface area (Å²) >= 11 is 0. The number of nitrogens with one attached hydrogen (secondary N) is 2. The van der Waals surface area contributed by atoms with E-state index < -0.39 is 10.0 Å². The minimum absolute atomic E-state index is 0.0576. The van der Waals surface area contributed by atoms with Crippen LogP contribution in [0.3, 0.4) is 0 Å². The highest BCUT2D eigenvalue weighted by Gasteiger charge is 2.32. The van der Waals surface area contributed by atoms with Gasteiger partial charge < -0.3 is 15.1 Å². The quantitative estimate of drug-likeness (QED) is 0.838. The average Bonchev–Trinajstić information content (AvgIpc) is 3.19. The van der Waals surface area contributed by atoms with Crippen molar-refractivity contribution < 1.29 is 17.6 Å². The molecule has 2 fully saturated rings. The van der Waals surface area contributed by atoms with Gasteiger partial charge in [-0.3, -0.25) is 4.79 Å². The third-order valence-corrected chi connectivity index (χ3v) is 6.18. The standard InChI is InChI=1S/C14H21N3O4S/c1-10-13(22(19,20)17-6-2-3-7-17)8-12(21-10)14(18)16-11-4-5-15-9-11/h8,11,15H,2-7,9H2,1H3,(H,16,18). The van der Waals surface area contributed by atoms with Gasteiger partial charge in [-0.25, -0.2) is 8.42 Å².